The van der Waals surface area contributed by atoms with Gasteiger partial charge < -0.3 is 15.5 Å². The van der Waals surface area contributed by atoms with Crippen molar-refractivity contribution < 1.29 is 19.8 Å². The lowest BCUT2D eigenvalue weighted by molar-refractivity contribution is -0.146. The first-order valence-corrected chi connectivity index (χ1v) is 6.13. The second-order valence-corrected chi connectivity index (χ2v) is 5.42. The Labute approximate surface area is 111 Å². The summed E-state index contributed by atoms with van der Waals surface area (Å²) in [4.78, 5) is 21.9. The maximum absolute atomic E-state index is 11.6. The third-order valence-electron chi connectivity index (χ3n) is 1.89. The number of carboxylic acids is 1. The lowest BCUT2D eigenvalue weighted by atomic mass is 10.2. The summed E-state index contributed by atoms with van der Waals surface area (Å²) in [5, 5.41) is 19.8. The number of aliphatic carboxylic acids is 1. The second-order valence-electron chi connectivity index (χ2n) is 3.14. The monoisotopic (exact) mass is 297 g/mol. The molecule has 1 unspecified atom stereocenters. The van der Waals surface area contributed by atoms with E-state index in [0.717, 1.165) is 11.3 Å². The van der Waals surface area contributed by atoms with Crippen LogP contribution in [0, 0.1) is 0 Å². The Hall–Kier alpha value is -0.820. The first-order valence-electron chi connectivity index (χ1n) is 4.55. The van der Waals surface area contributed by atoms with E-state index in [2.05, 4.69) is 5.32 Å². The van der Waals surface area contributed by atoms with Crippen LogP contribution in [0.4, 0.5) is 0 Å². The fraction of sp³-hybridized carbons (Fsp3) is 0.333. The first kappa shape index (κ1) is 14.2. The SMILES string of the molecule is O=C(NCCC(O)C(=O)O)c1cc(Cl)sc1Cl. The van der Waals surface area contributed by atoms with Crippen molar-refractivity contribution in [2.45, 2.75) is 12.5 Å². The Morgan fingerprint density at radius 2 is 2.12 bits per heavy atom. The topological polar surface area (TPSA) is 86.6 Å². The lowest BCUT2D eigenvalue weighted by Crippen LogP contribution is -2.29. The largest absolute Gasteiger partial charge is 0.479 e. The molecule has 1 aromatic heterocycles. The van der Waals surface area contributed by atoms with Gasteiger partial charge in [0.05, 0.1) is 9.90 Å². The third-order valence-corrected chi connectivity index (χ3v) is 3.38. The number of thiophene rings is 1. The molecule has 94 valence electrons. The van der Waals surface area contributed by atoms with Crippen LogP contribution < -0.4 is 5.32 Å². The van der Waals surface area contributed by atoms with Gasteiger partial charge in [-0.3, -0.25) is 4.79 Å². The van der Waals surface area contributed by atoms with Crippen molar-refractivity contribution in [3.05, 3.63) is 20.3 Å². The number of carbonyl (C=O) groups excluding carboxylic acids is 1. The highest BCUT2D eigenvalue weighted by molar-refractivity contribution is 7.20. The van der Waals surface area contributed by atoms with Gasteiger partial charge in [-0.15, -0.1) is 11.3 Å². The van der Waals surface area contributed by atoms with E-state index in [1.165, 1.54) is 6.07 Å². The van der Waals surface area contributed by atoms with E-state index in [-0.39, 0.29) is 22.9 Å². The summed E-state index contributed by atoms with van der Waals surface area (Å²) in [5.74, 6) is -1.77. The molecule has 1 amide bonds. The minimum Gasteiger partial charge on any atom is -0.479 e. The molecule has 1 heterocycles. The fourth-order valence-corrected chi connectivity index (χ4v) is 2.49. The van der Waals surface area contributed by atoms with Crippen molar-refractivity contribution in [2.24, 2.45) is 0 Å². The molecule has 1 rings (SSSR count). The predicted molar refractivity (Wildman–Crippen MR) is 64.9 cm³/mol. The quantitative estimate of drug-likeness (QED) is 0.771. The molecule has 0 aliphatic carbocycles. The number of carboxylic acid groups (broad SMARTS) is 1. The maximum Gasteiger partial charge on any atom is 0.332 e. The van der Waals surface area contributed by atoms with E-state index in [1.54, 1.807) is 0 Å². The lowest BCUT2D eigenvalue weighted by Gasteiger charge is -2.06. The number of rotatable bonds is 5. The summed E-state index contributed by atoms with van der Waals surface area (Å²) in [6.07, 6.45) is -1.56. The number of halogens is 2. The molecule has 0 fully saturated rings. The molecule has 1 atom stereocenters. The Morgan fingerprint density at radius 3 is 2.59 bits per heavy atom. The molecule has 8 heteroatoms. The van der Waals surface area contributed by atoms with Crippen LogP contribution in [-0.2, 0) is 4.79 Å². The van der Waals surface area contributed by atoms with Gasteiger partial charge in [0, 0.05) is 13.0 Å². The number of hydrogen-bond acceptors (Lipinski definition) is 4. The standard InChI is InChI=1S/C9H9Cl2NO4S/c10-6-3-4(7(11)17-6)8(14)12-2-1-5(13)9(15)16/h3,5,13H,1-2H2,(H,12,14)(H,15,16). The van der Waals surface area contributed by atoms with Crippen LogP contribution in [0.15, 0.2) is 6.07 Å². The van der Waals surface area contributed by atoms with Gasteiger partial charge in [-0.2, -0.15) is 0 Å². The zero-order valence-electron chi connectivity index (χ0n) is 8.44. The fourth-order valence-electron chi connectivity index (χ4n) is 1.04. The van der Waals surface area contributed by atoms with E-state index < -0.39 is 18.0 Å². The zero-order valence-corrected chi connectivity index (χ0v) is 10.8. The van der Waals surface area contributed by atoms with Gasteiger partial charge in [-0.1, -0.05) is 23.2 Å². The van der Waals surface area contributed by atoms with Crippen LogP contribution in [0.1, 0.15) is 16.8 Å². The van der Waals surface area contributed by atoms with Gasteiger partial charge in [0.25, 0.3) is 5.91 Å². The van der Waals surface area contributed by atoms with Crippen molar-refractivity contribution in [3.63, 3.8) is 0 Å². The van der Waals surface area contributed by atoms with Crippen molar-refractivity contribution in [2.75, 3.05) is 6.54 Å². The Kier molecular flexibility index (Phi) is 5.20. The molecule has 0 spiro atoms. The molecule has 0 radical (unpaired) electrons. The highest BCUT2D eigenvalue weighted by Crippen LogP contribution is 2.30. The number of hydrogen-bond donors (Lipinski definition) is 3. The van der Waals surface area contributed by atoms with Crippen LogP contribution in [-0.4, -0.2) is 34.7 Å². The molecule has 0 aliphatic heterocycles. The summed E-state index contributed by atoms with van der Waals surface area (Å²) >= 11 is 12.5. The highest BCUT2D eigenvalue weighted by Gasteiger charge is 2.16. The Morgan fingerprint density at radius 1 is 1.47 bits per heavy atom. The normalized spacial score (nSPS) is 12.2. The van der Waals surface area contributed by atoms with Crippen LogP contribution >= 0.6 is 34.5 Å². The average Bonchev–Trinajstić information content (AvgIpc) is 2.57. The summed E-state index contributed by atoms with van der Waals surface area (Å²) in [6.45, 7) is 0.0378. The van der Waals surface area contributed by atoms with E-state index in [9.17, 15) is 9.59 Å². The third kappa shape index (κ3) is 4.16. The summed E-state index contributed by atoms with van der Waals surface area (Å²) < 4.78 is 0.664. The van der Waals surface area contributed by atoms with Crippen LogP contribution in [0.3, 0.4) is 0 Å². The Bertz CT molecular complexity index is 435. The van der Waals surface area contributed by atoms with Gasteiger partial charge in [-0.25, -0.2) is 4.79 Å². The second kappa shape index (κ2) is 6.20. The number of amides is 1. The van der Waals surface area contributed by atoms with E-state index >= 15 is 0 Å². The molecule has 0 bridgehead atoms. The number of nitrogens with one attached hydrogen (secondary N) is 1. The first-order chi connectivity index (χ1) is 7.91. The van der Waals surface area contributed by atoms with Crippen molar-refractivity contribution in [1.29, 1.82) is 0 Å². The number of aliphatic hydroxyl groups excluding tert-OH is 1. The Balaban J connectivity index is 2.45. The van der Waals surface area contributed by atoms with E-state index in [4.69, 9.17) is 33.4 Å². The molecule has 0 saturated carbocycles. The minimum atomic E-state index is -1.49. The maximum atomic E-state index is 11.6. The van der Waals surface area contributed by atoms with Crippen LogP contribution in [0.5, 0.6) is 0 Å². The zero-order chi connectivity index (χ0) is 13.0. The minimum absolute atomic E-state index is 0.0378. The molecular weight excluding hydrogens is 289 g/mol. The molecule has 0 aliphatic rings. The average molecular weight is 298 g/mol. The molecule has 5 nitrogen and oxygen atoms in total. The van der Waals surface area contributed by atoms with Gasteiger partial charge in [0.1, 0.15) is 4.34 Å². The molecule has 17 heavy (non-hydrogen) atoms. The van der Waals surface area contributed by atoms with E-state index in [0.29, 0.717) is 4.34 Å². The van der Waals surface area contributed by atoms with Gasteiger partial charge in [0.15, 0.2) is 6.10 Å². The van der Waals surface area contributed by atoms with Gasteiger partial charge >= 0.3 is 5.97 Å². The van der Waals surface area contributed by atoms with Crippen molar-refractivity contribution in [3.8, 4) is 0 Å². The van der Waals surface area contributed by atoms with E-state index in [1.807, 2.05) is 0 Å². The summed E-state index contributed by atoms with van der Waals surface area (Å²) in [5.41, 5.74) is 0.242. The molecule has 0 aromatic carbocycles. The van der Waals surface area contributed by atoms with Crippen molar-refractivity contribution in [1.82, 2.24) is 5.32 Å². The van der Waals surface area contributed by atoms with Gasteiger partial charge in [0.2, 0.25) is 0 Å². The van der Waals surface area contributed by atoms with Crippen LogP contribution in [0.25, 0.3) is 0 Å². The highest BCUT2D eigenvalue weighted by atomic mass is 35.5. The number of aliphatic hydroxyl groups is 1. The summed E-state index contributed by atoms with van der Waals surface area (Å²) in [6, 6.07) is 1.43. The summed E-state index contributed by atoms with van der Waals surface area (Å²) in [7, 11) is 0. The molecule has 3 N–H and O–H groups in total. The van der Waals surface area contributed by atoms with Gasteiger partial charge in [-0.05, 0) is 6.07 Å². The van der Waals surface area contributed by atoms with Crippen LogP contribution in [0.2, 0.25) is 8.67 Å². The predicted octanol–water partition coefficient (Wildman–Crippen LogP) is 1.62. The molecule has 1 aromatic rings. The molecule has 0 saturated heterocycles. The molecular formula is C9H9Cl2NO4S. The van der Waals surface area contributed by atoms with Crippen molar-refractivity contribution >= 4 is 46.4 Å². The number of carbonyl (C=O) groups is 2. The smallest absolute Gasteiger partial charge is 0.332 e.